The second-order valence-corrected chi connectivity index (χ2v) is 9.73. The number of carbonyl (C=O) groups is 1. The number of amides is 1. The maximum absolute atomic E-state index is 12.7. The Kier molecular flexibility index (Phi) is 6.88. The van der Waals surface area contributed by atoms with E-state index in [2.05, 4.69) is 14.9 Å². The molecule has 0 bridgehead atoms. The Morgan fingerprint density at radius 1 is 0.970 bits per heavy atom. The molecule has 1 aliphatic heterocycles. The van der Waals surface area contributed by atoms with Gasteiger partial charge in [-0.25, -0.2) is 8.42 Å². The molecule has 1 heterocycles. The zero-order valence-corrected chi connectivity index (χ0v) is 19.6. The lowest BCUT2D eigenvalue weighted by Gasteiger charge is -2.28. The van der Waals surface area contributed by atoms with Gasteiger partial charge in [-0.3, -0.25) is 9.52 Å². The molecule has 1 aliphatic rings. The van der Waals surface area contributed by atoms with Crippen molar-refractivity contribution in [1.82, 2.24) is 0 Å². The van der Waals surface area contributed by atoms with E-state index in [9.17, 15) is 13.2 Å². The van der Waals surface area contributed by atoms with Gasteiger partial charge in [0.1, 0.15) is 0 Å². The van der Waals surface area contributed by atoms with Gasteiger partial charge in [0.05, 0.1) is 23.8 Å². The quantitative estimate of drug-likeness (QED) is 0.535. The van der Waals surface area contributed by atoms with Crippen LogP contribution < -0.4 is 14.9 Å². The summed E-state index contributed by atoms with van der Waals surface area (Å²) in [7, 11) is -3.80. The van der Waals surface area contributed by atoms with Crippen molar-refractivity contribution in [1.29, 1.82) is 0 Å². The second-order valence-electron chi connectivity index (χ2n) is 7.64. The number of morpholine rings is 1. The van der Waals surface area contributed by atoms with Gasteiger partial charge in [-0.15, -0.1) is 0 Å². The first-order chi connectivity index (χ1) is 15.8. The van der Waals surface area contributed by atoms with Crippen molar-refractivity contribution in [3.05, 3.63) is 82.9 Å². The van der Waals surface area contributed by atoms with Gasteiger partial charge in [-0.1, -0.05) is 17.7 Å². The molecule has 172 valence electrons. The van der Waals surface area contributed by atoms with Gasteiger partial charge in [0, 0.05) is 35.1 Å². The molecule has 0 aromatic heterocycles. The average molecular weight is 486 g/mol. The fourth-order valence-corrected chi connectivity index (χ4v) is 4.79. The number of hydrogen-bond acceptors (Lipinski definition) is 5. The van der Waals surface area contributed by atoms with Crippen molar-refractivity contribution < 1.29 is 17.9 Å². The third-order valence-electron chi connectivity index (χ3n) is 5.44. The highest BCUT2D eigenvalue weighted by atomic mass is 35.5. The highest BCUT2D eigenvalue weighted by Gasteiger charge is 2.17. The van der Waals surface area contributed by atoms with Crippen molar-refractivity contribution in [2.75, 3.05) is 41.2 Å². The fourth-order valence-electron chi connectivity index (χ4n) is 3.49. The molecule has 1 saturated heterocycles. The zero-order chi connectivity index (χ0) is 23.4. The lowest BCUT2D eigenvalue weighted by atomic mass is 10.1. The second kappa shape index (κ2) is 9.82. The number of hydrogen-bond donors (Lipinski definition) is 2. The van der Waals surface area contributed by atoms with Crippen molar-refractivity contribution >= 4 is 44.6 Å². The molecule has 0 radical (unpaired) electrons. The molecule has 9 heteroatoms. The molecule has 3 aromatic rings. The van der Waals surface area contributed by atoms with E-state index in [0.29, 0.717) is 40.7 Å². The van der Waals surface area contributed by atoms with Crippen LogP contribution in [0.25, 0.3) is 0 Å². The predicted octanol–water partition coefficient (Wildman–Crippen LogP) is 4.54. The van der Waals surface area contributed by atoms with E-state index in [1.165, 1.54) is 12.1 Å². The summed E-state index contributed by atoms with van der Waals surface area (Å²) < 4.78 is 33.4. The largest absolute Gasteiger partial charge is 0.378 e. The Labute approximate surface area is 198 Å². The molecule has 1 fully saturated rings. The molecular weight excluding hydrogens is 462 g/mol. The van der Waals surface area contributed by atoms with Crippen molar-refractivity contribution in [2.45, 2.75) is 11.8 Å². The number of benzene rings is 3. The maximum Gasteiger partial charge on any atom is 0.261 e. The van der Waals surface area contributed by atoms with E-state index in [1.54, 1.807) is 49.4 Å². The SMILES string of the molecule is Cc1c(Cl)cccc1NS(=O)(=O)c1ccc(NC(=O)c2ccc(N3CCOCC3)cc2)cc1. The number of nitrogens with zero attached hydrogens (tertiary/aromatic N) is 1. The van der Waals surface area contributed by atoms with Gasteiger partial charge < -0.3 is 15.0 Å². The van der Waals surface area contributed by atoms with Crippen LogP contribution in [0.3, 0.4) is 0 Å². The average Bonchev–Trinajstić information content (AvgIpc) is 2.83. The summed E-state index contributed by atoms with van der Waals surface area (Å²) in [5, 5.41) is 3.27. The molecule has 0 spiro atoms. The Bertz CT molecular complexity index is 1240. The summed E-state index contributed by atoms with van der Waals surface area (Å²) in [5.41, 5.74) is 3.12. The molecule has 33 heavy (non-hydrogen) atoms. The standard InChI is InChI=1S/C24H24ClN3O4S/c1-17-22(25)3-2-4-23(17)27-33(30,31)21-11-7-19(8-12-21)26-24(29)18-5-9-20(10-6-18)28-13-15-32-16-14-28/h2-12,27H,13-16H2,1H3,(H,26,29). The van der Waals surface area contributed by atoms with E-state index in [-0.39, 0.29) is 10.8 Å². The summed E-state index contributed by atoms with van der Waals surface area (Å²) in [5.74, 6) is -0.271. The smallest absolute Gasteiger partial charge is 0.261 e. The van der Waals surface area contributed by atoms with Gasteiger partial charge in [0.25, 0.3) is 15.9 Å². The lowest BCUT2D eigenvalue weighted by molar-refractivity contribution is 0.102. The van der Waals surface area contributed by atoms with Gasteiger partial charge in [0.2, 0.25) is 0 Å². The van der Waals surface area contributed by atoms with Crippen LogP contribution in [0.1, 0.15) is 15.9 Å². The molecule has 0 atom stereocenters. The highest BCUT2D eigenvalue weighted by Crippen LogP contribution is 2.26. The van der Waals surface area contributed by atoms with E-state index in [0.717, 1.165) is 18.8 Å². The molecular formula is C24H24ClN3O4S. The summed E-state index contributed by atoms with van der Waals surface area (Å²) in [6, 6.07) is 18.4. The lowest BCUT2D eigenvalue weighted by Crippen LogP contribution is -2.36. The van der Waals surface area contributed by atoms with E-state index in [4.69, 9.17) is 16.3 Å². The van der Waals surface area contributed by atoms with Crippen LogP contribution in [-0.4, -0.2) is 40.6 Å². The number of rotatable bonds is 6. The van der Waals surface area contributed by atoms with Gasteiger partial charge in [-0.05, 0) is 73.2 Å². The predicted molar refractivity (Wildman–Crippen MR) is 131 cm³/mol. The van der Waals surface area contributed by atoms with Crippen LogP contribution in [0.2, 0.25) is 5.02 Å². The molecule has 3 aromatic carbocycles. The Hall–Kier alpha value is -3.07. The van der Waals surface area contributed by atoms with E-state index in [1.807, 2.05) is 12.1 Å². The minimum atomic E-state index is -3.80. The highest BCUT2D eigenvalue weighted by molar-refractivity contribution is 7.92. The van der Waals surface area contributed by atoms with Gasteiger partial charge in [-0.2, -0.15) is 0 Å². The van der Waals surface area contributed by atoms with Gasteiger partial charge >= 0.3 is 0 Å². The summed E-state index contributed by atoms with van der Waals surface area (Å²) >= 11 is 6.07. The first kappa shape index (κ1) is 23.1. The number of anilines is 3. The normalized spacial score (nSPS) is 14.1. The van der Waals surface area contributed by atoms with E-state index >= 15 is 0 Å². The number of sulfonamides is 1. The van der Waals surface area contributed by atoms with E-state index < -0.39 is 10.0 Å². The van der Waals surface area contributed by atoms with Crippen LogP contribution in [0.5, 0.6) is 0 Å². The fraction of sp³-hybridized carbons (Fsp3) is 0.208. The minimum Gasteiger partial charge on any atom is -0.378 e. The Balaban J connectivity index is 1.41. The van der Waals surface area contributed by atoms with Crippen LogP contribution in [0, 0.1) is 6.92 Å². The van der Waals surface area contributed by atoms with Crippen molar-refractivity contribution in [2.24, 2.45) is 0 Å². The molecule has 7 nitrogen and oxygen atoms in total. The first-order valence-electron chi connectivity index (χ1n) is 10.5. The number of carbonyl (C=O) groups excluding carboxylic acids is 1. The summed E-state index contributed by atoms with van der Waals surface area (Å²) in [6.07, 6.45) is 0. The molecule has 0 unspecified atom stereocenters. The minimum absolute atomic E-state index is 0.0785. The topological polar surface area (TPSA) is 87.7 Å². The number of ether oxygens (including phenoxy) is 1. The molecule has 4 rings (SSSR count). The van der Waals surface area contributed by atoms with Crippen LogP contribution >= 0.6 is 11.6 Å². The third-order valence-corrected chi connectivity index (χ3v) is 7.23. The Morgan fingerprint density at radius 3 is 2.30 bits per heavy atom. The van der Waals surface area contributed by atoms with Crippen molar-refractivity contribution in [3.63, 3.8) is 0 Å². The monoisotopic (exact) mass is 485 g/mol. The third kappa shape index (κ3) is 5.47. The molecule has 0 aliphatic carbocycles. The number of halogens is 1. The number of nitrogens with one attached hydrogen (secondary N) is 2. The zero-order valence-electron chi connectivity index (χ0n) is 18.0. The Morgan fingerprint density at radius 2 is 1.64 bits per heavy atom. The van der Waals surface area contributed by atoms with Gasteiger partial charge in [0.15, 0.2) is 0 Å². The summed E-state index contributed by atoms with van der Waals surface area (Å²) in [4.78, 5) is 14.9. The molecule has 2 N–H and O–H groups in total. The van der Waals surface area contributed by atoms with Crippen molar-refractivity contribution in [3.8, 4) is 0 Å². The summed E-state index contributed by atoms with van der Waals surface area (Å²) in [6.45, 7) is 4.79. The van der Waals surface area contributed by atoms with Crippen LogP contribution in [0.4, 0.5) is 17.1 Å². The molecule has 1 amide bonds. The molecule has 0 saturated carbocycles. The van der Waals surface area contributed by atoms with Crippen LogP contribution in [-0.2, 0) is 14.8 Å². The maximum atomic E-state index is 12.7. The first-order valence-corrected chi connectivity index (χ1v) is 12.3. The van der Waals surface area contributed by atoms with Crippen LogP contribution in [0.15, 0.2) is 71.6 Å².